The number of nitrogens with one attached hydrogen (secondary N) is 1. The summed E-state index contributed by atoms with van der Waals surface area (Å²) in [6.45, 7) is 0. The number of para-hydroxylation sites is 1. The molecule has 0 aliphatic heterocycles. The molecule has 0 radical (unpaired) electrons. The first kappa shape index (κ1) is 16.6. The first-order valence-corrected chi connectivity index (χ1v) is 7.90. The highest BCUT2D eigenvalue weighted by Crippen LogP contribution is 2.28. The van der Waals surface area contributed by atoms with Crippen LogP contribution in [0.3, 0.4) is 0 Å². The van der Waals surface area contributed by atoms with Gasteiger partial charge >= 0.3 is 0 Å². The number of rotatable bonds is 6. The third-order valence-electron chi connectivity index (χ3n) is 3.86. The summed E-state index contributed by atoms with van der Waals surface area (Å²) in [5.74, 6) is 1.07. The zero-order valence-electron chi connectivity index (χ0n) is 14.2. The second kappa shape index (κ2) is 7.53. The van der Waals surface area contributed by atoms with Gasteiger partial charge in [-0.1, -0.05) is 18.2 Å². The number of carbonyl (C=O) groups is 1. The van der Waals surface area contributed by atoms with Crippen LogP contribution in [0.4, 0.5) is 11.4 Å². The Balaban J connectivity index is 1.79. The van der Waals surface area contributed by atoms with Crippen LogP contribution in [0.25, 0.3) is 0 Å². The molecule has 3 aromatic carbocycles. The Morgan fingerprint density at radius 2 is 1.32 bits per heavy atom. The number of carbonyl (C=O) groups excluding carboxylic acids is 1. The molecule has 0 amide bonds. The summed E-state index contributed by atoms with van der Waals surface area (Å²) in [6.07, 6.45) is 0. The molecule has 0 saturated heterocycles. The maximum Gasteiger partial charge on any atom is 0.193 e. The molecule has 0 unspecified atom stereocenters. The molecule has 0 atom stereocenters. The van der Waals surface area contributed by atoms with Crippen molar-refractivity contribution in [3.05, 3.63) is 83.9 Å². The van der Waals surface area contributed by atoms with E-state index < -0.39 is 0 Å². The molecule has 126 valence electrons. The van der Waals surface area contributed by atoms with E-state index in [9.17, 15) is 4.79 Å². The molecule has 3 aromatic rings. The lowest BCUT2D eigenvalue weighted by molar-refractivity contribution is 0.103. The highest BCUT2D eigenvalue weighted by Gasteiger charge is 2.12. The van der Waals surface area contributed by atoms with Crippen molar-refractivity contribution in [1.82, 2.24) is 0 Å². The monoisotopic (exact) mass is 333 g/mol. The number of anilines is 2. The number of benzene rings is 3. The van der Waals surface area contributed by atoms with Gasteiger partial charge in [0.05, 0.1) is 14.2 Å². The minimum atomic E-state index is -0.0628. The quantitative estimate of drug-likeness (QED) is 0.666. The lowest BCUT2D eigenvalue weighted by atomic mass is 10.0. The third-order valence-corrected chi connectivity index (χ3v) is 3.86. The predicted octanol–water partition coefficient (Wildman–Crippen LogP) is 4.68. The van der Waals surface area contributed by atoms with Gasteiger partial charge in [-0.05, 0) is 54.6 Å². The zero-order chi connectivity index (χ0) is 17.6. The SMILES string of the molecule is COc1ccc(C(=O)c2ccc(Nc3ccccc3)cc2)cc1OC. The maximum absolute atomic E-state index is 12.7. The van der Waals surface area contributed by atoms with Crippen LogP contribution in [0, 0.1) is 0 Å². The fourth-order valence-electron chi connectivity index (χ4n) is 2.54. The highest BCUT2D eigenvalue weighted by atomic mass is 16.5. The van der Waals surface area contributed by atoms with Crippen molar-refractivity contribution in [3.8, 4) is 11.5 Å². The van der Waals surface area contributed by atoms with Gasteiger partial charge in [0, 0.05) is 22.5 Å². The van der Waals surface area contributed by atoms with Crippen LogP contribution < -0.4 is 14.8 Å². The van der Waals surface area contributed by atoms with Crippen LogP contribution in [-0.4, -0.2) is 20.0 Å². The Kier molecular flexibility index (Phi) is 5.00. The Labute approximate surface area is 147 Å². The van der Waals surface area contributed by atoms with Crippen LogP contribution in [-0.2, 0) is 0 Å². The van der Waals surface area contributed by atoms with E-state index in [-0.39, 0.29) is 5.78 Å². The lowest BCUT2D eigenvalue weighted by Gasteiger charge is -2.10. The van der Waals surface area contributed by atoms with Crippen LogP contribution in [0.15, 0.2) is 72.8 Å². The number of methoxy groups -OCH3 is 2. The first-order valence-electron chi connectivity index (χ1n) is 7.90. The summed E-state index contributed by atoms with van der Waals surface area (Å²) in [5, 5.41) is 3.30. The summed E-state index contributed by atoms with van der Waals surface area (Å²) in [4.78, 5) is 12.7. The predicted molar refractivity (Wildman–Crippen MR) is 99.1 cm³/mol. The molecule has 3 rings (SSSR count). The van der Waals surface area contributed by atoms with Crippen molar-refractivity contribution in [2.75, 3.05) is 19.5 Å². The van der Waals surface area contributed by atoms with Crippen molar-refractivity contribution in [1.29, 1.82) is 0 Å². The van der Waals surface area contributed by atoms with E-state index in [1.807, 2.05) is 54.6 Å². The fourth-order valence-corrected chi connectivity index (χ4v) is 2.54. The van der Waals surface area contributed by atoms with Gasteiger partial charge < -0.3 is 14.8 Å². The Morgan fingerprint density at radius 3 is 1.96 bits per heavy atom. The molecule has 4 nitrogen and oxygen atoms in total. The minimum Gasteiger partial charge on any atom is -0.493 e. The van der Waals surface area contributed by atoms with E-state index in [4.69, 9.17) is 9.47 Å². The summed E-state index contributed by atoms with van der Waals surface area (Å²) >= 11 is 0. The standard InChI is InChI=1S/C21H19NO3/c1-24-19-13-10-16(14-20(19)25-2)21(23)15-8-11-18(12-9-15)22-17-6-4-3-5-7-17/h3-14,22H,1-2H3. The smallest absolute Gasteiger partial charge is 0.193 e. The molecular weight excluding hydrogens is 314 g/mol. The van der Waals surface area contributed by atoms with Gasteiger partial charge in [0.1, 0.15) is 0 Å². The minimum absolute atomic E-state index is 0.0628. The van der Waals surface area contributed by atoms with Crippen LogP contribution in [0.2, 0.25) is 0 Å². The van der Waals surface area contributed by atoms with Crippen molar-refractivity contribution in [3.63, 3.8) is 0 Å². The average molecular weight is 333 g/mol. The van der Waals surface area contributed by atoms with E-state index >= 15 is 0 Å². The summed E-state index contributed by atoms with van der Waals surface area (Å²) in [7, 11) is 3.12. The number of hydrogen-bond donors (Lipinski definition) is 1. The second-order valence-electron chi connectivity index (χ2n) is 5.47. The number of hydrogen-bond acceptors (Lipinski definition) is 4. The van der Waals surface area contributed by atoms with Gasteiger partial charge in [-0.3, -0.25) is 4.79 Å². The lowest BCUT2D eigenvalue weighted by Crippen LogP contribution is -2.02. The molecule has 0 saturated carbocycles. The van der Waals surface area contributed by atoms with Crippen LogP contribution in [0.5, 0.6) is 11.5 Å². The molecule has 0 aromatic heterocycles. The summed E-state index contributed by atoms with van der Waals surface area (Å²) in [6, 6.07) is 22.4. The Morgan fingerprint density at radius 1 is 0.720 bits per heavy atom. The number of ether oxygens (including phenoxy) is 2. The summed E-state index contributed by atoms with van der Waals surface area (Å²) < 4.78 is 10.5. The largest absolute Gasteiger partial charge is 0.493 e. The van der Waals surface area contributed by atoms with Gasteiger partial charge in [0.2, 0.25) is 0 Å². The Hall–Kier alpha value is -3.27. The molecular formula is C21H19NO3. The third kappa shape index (κ3) is 3.80. The van der Waals surface area contributed by atoms with Crippen molar-refractivity contribution in [2.45, 2.75) is 0 Å². The van der Waals surface area contributed by atoms with E-state index in [1.165, 1.54) is 0 Å². The van der Waals surface area contributed by atoms with Crippen LogP contribution in [0.1, 0.15) is 15.9 Å². The summed E-state index contributed by atoms with van der Waals surface area (Å²) in [5.41, 5.74) is 3.10. The van der Waals surface area contributed by atoms with Crippen molar-refractivity contribution < 1.29 is 14.3 Å². The van der Waals surface area contributed by atoms with Gasteiger partial charge in [-0.25, -0.2) is 0 Å². The van der Waals surface area contributed by atoms with Gasteiger partial charge in [0.25, 0.3) is 0 Å². The van der Waals surface area contributed by atoms with Gasteiger partial charge in [-0.2, -0.15) is 0 Å². The molecule has 0 aliphatic rings. The van der Waals surface area contributed by atoms with E-state index in [2.05, 4.69) is 5.32 Å². The molecule has 1 N–H and O–H groups in total. The normalized spacial score (nSPS) is 10.2. The topological polar surface area (TPSA) is 47.6 Å². The Bertz CT molecular complexity index is 858. The molecule has 0 bridgehead atoms. The molecule has 0 heterocycles. The first-order chi connectivity index (χ1) is 12.2. The molecule has 0 aliphatic carbocycles. The number of ketones is 1. The van der Waals surface area contributed by atoms with E-state index in [1.54, 1.807) is 32.4 Å². The van der Waals surface area contributed by atoms with Gasteiger partial charge in [-0.15, -0.1) is 0 Å². The van der Waals surface area contributed by atoms with Crippen LogP contribution >= 0.6 is 0 Å². The maximum atomic E-state index is 12.7. The van der Waals surface area contributed by atoms with Gasteiger partial charge in [0.15, 0.2) is 17.3 Å². The van der Waals surface area contributed by atoms with Crippen molar-refractivity contribution in [2.24, 2.45) is 0 Å². The second-order valence-corrected chi connectivity index (χ2v) is 5.47. The van der Waals surface area contributed by atoms with E-state index in [0.717, 1.165) is 11.4 Å². The molecule has 4 heteroatoms. The van der Waals surface area contributed by atoms with Crippen molar-refractivity contribution >= 4 is 17.2 Å². The average Bonchev–Trinajstić information content (AvgIpc) is 2.68. The molecule has 25 heavy (non-hydrogen) atoms. The fraction of sp³-hybridized carbons (Fsp3) is 0.0952. The highest BCUT2D eigenvalue weighted by molar-refractivity contribution is 6.09. The molecule has 0 fully saturated rings. The zero-order valence-corrected chi connectivity index (χ0v) is 14.2. The van der Waals surface area contributed by atoms with E-state index in [0.29, 0.717) is 22.6 Å². The molecule has 0 spiro atoms.